The predicted molar refractivity (Wildman–Crippen MR) is 117 cm³/mol. The topological polar surface area (TPSA) is 94.1 Å². The number of halogens is 6. The molecule has 2 aromatic rings. The predicted octanol–water partition coefficient (Wildman–Crippen LogP) is 4.97. The van der Waals surface area contributed by atoms with E-state index in [2.05, 4.69) is 11.7 Å². The van der Waals surface area contributed by atoms with Crippen LogP contribution in [0.15, 0.2) is 64.6 Å². The Morgan fingerprint density at radius 2 is 1.69 bits per heavy atom. The molecule has 0 aromatic heterocycles. The summed E-state index contributed by atoms with van der Waals surface area (Å²) in [6.45, 7) is 5.58. The van der Waals surface area contributed by atoms with Crippen LogP contribution in [-0.4, -0.2) is 32.9 Å². The lowest BCUT2D eigenvalue weighted by Gasteiger charge is -2.18. The maximum absolute atomic E-state index is 14.0. The highest BCUT2D eigenvalue weighted by atomic mass is 32.2. The summed E-state index contributed by atoms with van der Waals surface area (Å²) >= 11 is 0. The number of hydrogen-bond donors (Lipinski definition) is 1. The first-order chi connectivity index (χ1) is 16.5. The molecule has 0 saturated carbocycles. The number of carbonyl (C=O) groups excluding carboxylic acids is 1. The van der Waals surface area contributed by atoms with Gasteiger partial charge in [-0.3, -0.25) is 4.79 Å². The lowest BCUT2D eigenvalue weighted by atomic mass is 10.0. The molecule has 0 bridgehead atoms. The number of benzene rings is 2. The van der Waals surface area contributed by atoms with Gasteiger partial charge in [-0.1, -0.05) is 24.8 Å². The van der Waals surface area contributed by atoms with Crippen molar-refractivity contribution in [2.24, 2.45) is 5.10 Å². The average molecular weight is 538 g/mol. The first-order valence-electron chi connectivity index (χ1n) is 9.89. The van der Waals surface area contributed by atoms with Crippen molar-refractivity contribution in [1.29, 1.82) is 0 Å². The van der Waals surface area contributed by atoms with Gasteiger partial charge in [-0.05, 0) is 42.3 Å². The summed E-state index contributed by atoms with van der Waals surface area (Å²) in [6, 6.07) is 6.26. The summed E-state index contributed by atoms with van der Waals surface area (Å²) in [6.07, 6.45) is -10.4. The van der Waals surface area contributed by atoms with E-state index in [1.54, 1.807) is 6.92 Å². The maximum Gasteiger partial charge on any atom is 0.435 e. The van der Waals surface area contributed by atoms with Crippen molar-refractivity contribution in [2.75, 3.05) is 6.61 Å². The molecule has 0 unspecified atom stereocenters. The Hall–Kier alpha value is -3.55. The minimum atomic E-state index is -5.28. The number of nitrogens with zero attached hydrogens (tertiary/aromatic N) is 1. The fourth-order valence-electron chi connectivity index (χ4n) is 2.73. The molecule has 0 amide bonds. The summed E-state index contributed by atoms with van der Waals surface area (Å²) in [5.74, 6) is -1.09. The highest BCUT2D eigenvalue weighted by molar-refractivity contribution is 7.89. The third-order valence-electron chi connectivity index (χ3n) is 4.24. The Bertz CT molecular complexity index is 1270. The van der Waals surface area contributed by atoms with Crippen LogP contribution in [0.3, 0.4) is 0 Å². The highest BCUT2D eigenvalue weighted by Crippen LogP contribution is 2.34. The van der Waals surface area contributed by atoms with Gasteiger partial charge in [-0.25, -0.2) is 0 Å². The minimum absolute atomic E-state index is 0.0742. The second-order valence-electron chi connectivity index (χ2n) is 7.40. The van der Waals surface area contributed by atoms with Gasteiger partial charge in [0.05, 0.1) is 5.56 Å². The largest absolute Gasteiger partial charge is 0.489 e. The van der Waals surface area contributed by atoms with Gasteiger partial charge in [0.15, 0.2) is 5.71 Å². The molecular formula is C22H20F6N2O5S. The van der Waals surface area contributed by atoms with Crippen LogP contribution in [0, 0.1) is 0 Å². The van der Waals surface area contributed by atoms with Crippen molar-refractivity contribution in [2.45, 2.75) is 37.7 Å². The number of nitrogens with one attached hydrogen (secondary N) is 1. The molecule has 0 aliphatic heterocycles. The van der Waals surface area contributed by atoms with Crippen molar-refractivity contribution >= 4 is 21.7 Å². The van der Waals surface area contributed by atoms with Crippen LogP contribution in [0.25, 0.3) is 0 Å². The third-order valence-corrected chi connectivity index (χ3v) is 5.51. The number of rotatable bonds is 9. The Morgan fingerprint density at radius 1 is 1.06 bits per heavy atom. The van der Waals surface area contributed by atoms with Gasteiger partial charge in [0.1, 0.15) is 23.9 Å². The second kappa shape index (κ2) is 11.0. The zero-order chi connectivity index (χ0) is 27.3. The van der Waals surface area contributed by atoms with Crippen molar-refractivity contribution in [3.05, 3.63) is 71.3 Å². The Morgan fingerprint density at radius 3 is 2.25 bits per heavy atom. The van der Waals surface area contributed by atoms with Crippen molar-refractivity contribution in [3.8, 4) is 5.75 Å². The number of alkyl halides is 6. The summed E-state index contributed by atoms with van der Waals surface area (Å²) in [5.41, 5.74) is -3.63. The van der Waals surface area contributed by atoms with E-state index >= 15 is 0 Å². The second-order valence-corrected chi connectivity index (χ2v) is 9.03. The number of sulfonamides is 1. The quantitative estimate of drug-likeness (QED) is 0.160. The SMILES string of the molecule is C=C(C)COc1ccc(COC(C)=O)cc1C(=NNS(=O)(=O)c1ccccc1C(F)(F)F)C(F)(F)F. The Balaban J connectivity index is 2.61. The summed E-state index contributed by atoms with van der Waals surface area (Å²) < 4.78 is 117. The Kier molecular flexibility index (Phi) is 8.78. The minimum Gasteiger partial charge on any atom is -0.489 e. The van der Waals surface area contributed by atoms with E-state index in [-0.39, 0.29) is 17.9 Å². The zero-order valence-electron chi connectivity index (χ0n) is 18.8. The first-order valence-corrected chi connectivity index (χ1v) is 11.4. The normalized spacial score (nSPS) is 12.7. The highest BCUT2D eigenvalue weighted by Gasteiger charge is 2.41. The lowest BCUT2D eigenvalue weighted by molar-refractivity contribution is -0.142. The molecular weight excluding hydrogens is 518 g/mol. The fourth-order valence-corrected chi connectivity index (χ4v) is 3.77. The molecule has 36 heavy (non-hydrogen) atoms. The molecule has 0 spiro atoms. The van der Waals surface area contributed by atoms with E-state index in [0.717, 1.165) is 31.2 Å². The van der Waals surface area contributed by atoms with Crippen molar-refractivity contribution in [3.63, 3.8) is 0 Å². The molecule has 0 fully saturated rings. The third kappa shape index (κ3) is 7.73. The van der Waals surface area contributed by atoms with Gasteiger partial charge in [-0.2, -0.15) is 44.7 Å². The molecule has 0 radical (unpaired) electrons. The summed E-state index contributed by atoms with van der Waals surface area (Å²) in [5, 5.41) is 2.94. The van der Waals surface area contributed by atoms with Crippen LogP contribution in [0.5, 0.6) is 5.75 Å². The Labute approximate surface area is 202 Å². The number of hydrazone groups is 1. The molecule has 2 rings (SSSR count). The smallest absolute Gasteiger partial charge is 0.435 e. The van der Waals surface area contributed by atoms with E-state index in [4.69, 9.17) is 9.47 Å². The van der Waals surface area contributed by atoms with Gasteiger partial charge in [0.25, 0.3) is 10.0 Å². The first kappa shape index (κ1) is 28.7. The van der Waals surface area contributed by atoms with Gasteiger partial charge < -0.3 is 9.47 Å². The van der Waals surface area contributed by atoms with Crippen LogP contribution < -0.4 is 9.57 Å². The van der Waals surface area contributed by atoms with Crippen LogP contribution in [-0.2, 0) is 32.3 Å². The van der Waals surface area contributed by atoms with Gasteiger partial charge in [-0.15, -0.1) is 0 Å². The van der Waals surface area contributed by atoms with E-state index in [1.165, 1.54) is 10.9 Å². The summed E-state index contributed by atoms with van der Waals surface area (Å²) in [7, 11) is -5.19. The molecule has 0 heterocycles. The number of hydrogen-bond acceptors (Lipinski definition) is 6. The number of carbonyl (C=O) groups is 1. The lowest BCUT2D eigenvalue weighted by Crippen LogP contribution is -2.30. The molecule has 0 aliphatic rings. The van der Waals surface area contributed by atoms with Crippen LogP contribution in [0.1, 0.15) is 30.5 Å². The monoisotopic (exact) mass is 538 g/mol. The number of ether oxygens (including phenoxy) is 2. The molecule has 0 atom stereocenters. The fraction of sp³-hybridized carbons (Fsp3) is 0.273. The standard InChI is InChI=1S/C22H20F6N2O5S/c1-13(2)11-35-18-9-8-15(12-34-14(3)31)10-16(18)20(22(26,27)28)29-30-36(32,33)19-7-5-4-6-17(19)21(23,24)25/h4-10,30H,1,11-12H2,2-3H3. The van der Waals surface area contributed by atoms with E-state index < -0.39 is 56.7 Å². The van der Waals surface area contributed by atoms with Crippen LogP contribution in [0.4, 0.5) is 26.3 Å². The molecule has 7 nitrogen and oxygen atoms in total. The van der Waals surface area contributed by atoms with Crippen LogP contribution in [0.2, 0.25) is 0 Å². The zero-order valence-corrected chi connectivity index (χ0v) is 19.6. The van der Waals surface area contributed by atoms with Gasteiger partial charge in [0, 0.05) is 12.5 Å². The van der Waals surface area contributed by atoms with Gasteiger partial charge in [0.2, 0.25) is 0 Å². The molecule has 1 N–H and O–H groups in total. The maximum atomic E-state index is 14.0. The van der Waals surface area contributed by atoms with E-state index in [1.807, 2.05) is 0 Å². The molecule has 196 valence electrons. The average Bonchev–Trinajstić information content (AvgIpc) is 2.75. The molecule has 0 aliphatic carbocycles. The van der Waals surface area contributed by atoms with E-state index in [9.17, 15) is 39.6 Å². The summed E-state index contributed by atoms with van der Waals surface area (Å²) in [4.78, 5) is 11.0. The van der Waals surface area contributed by atoms with Gasteiger partial charge >= 0.3 is 18.3 Å². The number of esters is 1. The van der Waals surface area contributed by atoms with E-state index in [0.29, 0.717) is 17.7 Å². The van der Waals surface area contributed by atoms with Crippen molar-refractivity contribution in [1.82, 2.24) is 4.83 Å². The van der Waals surface area contributed by atoms with Crippen LogP contribution >= 0.6 is 0 Å². The molecule has 2 aromatic carbocycles. The molecule has 0 saturated heterocycles. The molecule has 14 heteroatoms. The van der Waals surface area contributed by atoms with Crippen molar-refractivity contribution < 1.29 is 49.0 Å².